The Morgan fingerprint density at radius 3 is 2.04 bits per heavy atom. The Morgan fingerprint density at radius 1 is 0.673 bits per heavy atom. The van der Waals surface area contributed by atoms with Crippen molar-refractivity contribution < 1.29 is 25.8 Å². The molecule has 6 heteroatoms. The molecule has 3 aliphatic heterocycles. The molecule has 2 atom stereocenters. The number of para-hydroxylation sites is 2. The fraction of sp³-hybridized carbons (Fsp3) is 0.143. The fourth-order valence-corrected chi connectivity index (χ4v) is 8.51. The molecule has 0 N–H and O–H groups in total. The molecule has 8 aromatic rings. The van der Waals surface area contributed by atoms with E-state index in [0.717, 1.165) is 51.1 Å². The molecular formula is C49H41N4OPt-. The maximum atomic E-state index is 6.97. The molecule has 5 nitrogen and oxygen atoms in total. The van der Waals surface area contributed by atoms with Gasteiger partial charge in [0.2, 0.25) is 0 Å². The monoisotopic (exact) mass is 896 g/mol. The minimum atomic E-state index is -0.127. The first-order valence-electron chi connectivity index (χ1n) is 18.7. The van der Waals surface area contributed by atoms with Crippen LogP contribution >= 0.6 is 0 Å². The molecule has 0 radical (unpaired) electrons. The average Bonchev–Trinajstić information content (AvgIpc) is 3.75. The third-order valence-corrected chi connectivity index (χ3v) is 11.5. The van der Waals surface area contributed by atoms with E-state index in [2.05, 4.69) is 179 Å². The fourth-order valence-electron chi connectivity index (χ4n) is 8.51. The van der Waals surface area contributed by atoms with Crippen LogP contribution < -0.4 is 13.7 Å². The number of aryl methyl sites for hydroxylation is 2. The second-order valence-electron chi connectivity index (χ2n) is 15.9. The summed E-state index contributed by atoms with van der Waals surface area (Å²) in [4.78, 5) is 4.86. The van der Waals surface area contributed by atoms with Gasteiger partial charge in [-0.05, 0) is 66.3 Å². The van der Waals surface area contributed by atoms with E-state index in [4.69, 9.17) is 9.72 Å². The molecule has 3 aliphatic rings. The van der Waals surface area contributed by atoms with Crippen molar-refractivity contribution in [3.05, 3.63) is 175 Å². The molecule has 5 heterocycles. The summed E-state index contributed by atoms with van der Waals surface area (Å²) >= 11 is 0. The summed E-state index contributed by atoms with van der Waals surface area (Å²) in [7, 11) is 0. The molecule has 0 saturated carbocycles. The molecule has 1 saturated heterocycles. The zero-order chi connectivity index (χ0) is 36.8. The number of hydrogen-bond donors (Lipinski definition) is 0. The number of fused-ring (bicyclic) bond motifs is 3. The van der Waals surface area contributed by atoms with Crippen LogP contribution in [0, 0.1) is 32.6 Å². The average molecular weight is 897 g/mol. The van der Waals surface area contributed by atoms with E-state index in [1.165, 1.54) is 33.8 Å². The van der Waals surface area contributed by atoms with Gasteiger partial charge in [0.25, 0.3) is 0 Å². The minimum absolute atomic E-state index is 0. The van der Waals surface area contributed by atoms with Gasteiger partial charge >= 0.3 is 0 Å². The van der Waals surface area contributed by atoms with Crippen molar-refractivity contribution >= 4 is 44.7 Å². The smallest absolute Gasteiger partial charge is 0.184 e. The number of benzene rings is 6. The number of rotatable bonds is 6. The Bertz CT molecular complexity index is 2710. The van der Waals surface area contributed by atoms with Gasteiger partial charge in [-0.3, -0.25) is 4.48 Å². The molecule has 6 aromatic carbocycles. The van der Waals surface area contributed by atoms with Crippen molar-refractivity contribution in [3.8, 4) is 28.3 Å². The Kier molecular flexibility index (Phi) is 8.29. The standard InChI is InChI=1S/C49H41N4O.Pt/c1-33-23-46-47(24-34(33)2)53(31-52(46,32-53)39-17-10-7-11-18-39)40-27-37(49(3,4)5)28-42(30-40)54-41-26-36(35-15-8-6-9-16-35)25-38(29-41)51-45-21-13-12-19-43(45)44-20-14-22-50-48(44)51;/h6-28,31H,32H2,1-5H3;/q-1;/t52-,53+;/m0./s1. The van der Waals surface area contributed by atoms with Gasteiger partial charge in [-0.1, -0.05) is 99.3 Å². The second kappa shape index (κ2) is 12.9. The van der Waals surface area contributed by atoms with Crippen LogP contribution in [0.25, 0.3) is 38.8 Å². The molecular weight excluding hydrogens is 856 g/mol. The van der Waals surface area contributed by atoms with Crippen LogP contribution in [0.4, 0.5) is 22.7 Å². The van der Waals surface area contributed by atoms with Crippen LogP contribution in [0.3, 0.4) is 0 Å². The summed E-state index contributed by atoms with van der Waals surface area (Å²) in [5, 5.41) is 2.25. The molecule has 2 aromatic heterocycles. The SMILES string of the molecule is Cc1cc2c(cc1C)[N@+]1(c3[c-]c(Oc4[c-]c(-n5c6ccccc6c6cccnc65)cc(-c5ccccc5)c4)cc(C(C)(C)C)c3)[CH-][N@@+]2(c2ccccc2)C1.[Pt]. The van der Waals surface area contributed by atoms with Crippen LogP contribution in [0.2, 0.25) is 0 Å². The maximum absolute atomic E-state index is 6.97. The molecule has 0 spiro atoms. The summed E-state index contributed by atoms with van der Waals surface area (Å²) in [6, 6.07) is 55.0. The van der Waals surface area contributed by atoms with Crippen LogP contribution in [0.1, 0.15) is 37.5 Å². The summed E-state index contributed by atoms with van der Waals surface area (Å²) in [5.74, 6) is 1.30. The van der Waals surface area contributed by atoms with E-state index in [1.54, 1.807) is 0 Å². The molecule has 2 bridgehead atoms. The number of hydrogen-bond acceptors (Lipinski definition) is 2. The third kappa shape index (κ3) is 5.52. The number of nitrogens with zero attached hydrogens (tertiary/aromatic N) is 4. The van der Waals surface area contributed by atoms with Crippen molar-refractivity contribution in [2.45, 2.75) is 40.0 Å². The maximum Gasteiger partial charge on any atom is 0.184 e. The van der Waals surface area contributed by atoms with Crippen molar-refractivity contribution in [2.24, 2.45) is 0 Å². The molecule has 55 heavy (non-hydrogen) atoms. The van der Waals surface area contributed by atoms with Crippen LogP contribution in [0.15, 0.2) is 140 Å². The third-order valence-electron chi connectivity index (χ3n) is 11.5. The van der Waals surface area contributed by atoms with Gasteiger partial charge in [-0.2, -0.15) is 0 Å². The van der Waals surface area contributed by atoms with Crippen LogP contribution in [-0.2, 0) is 26.5 Å². The molecule has 1 fully saturated rings. The summed E-state index contributed by atoms with van der Waals surface area (Å²) in [6.07, 6.45) is 1.86. The van der Waals surface area contributed by atoms with Crippen LogP contribution in [0.5, 0.6) is 11.5 Å². The van der Waals surface area contributed by atoms with E-state index in [9.17, 15) is 0 Å². The van der Waals surface area contributed by atoms with Gasteiger partial charge in [-0.25, -0.2) is 4.98 Å². The number of pyridine rings is 1. The second-order valence-corrected chi connectivity index (χ2v) is 15.9. The first-order chi connectivity index (χ1) is 26.1. The molecule has 0 aliphatic carbocycles. The van der Waals surface area contributed by atoms with E-state index >= 15 is 0 Å². The first kappa shape index (κ1) is 35.4. The molecule has 0 amide bonds. The Morgan fingerprint density at radius 2 is 1.31 bits per heavy atom. The van der Waals surface area contributed by atoms with Crippen molar-refractivity contribution in [1.82, 2.24) is 18.5 Å². The number of ether oxygens (including phenoxy) is 1. The molecule has 0 unspecified atom stereocenters. The van der Waals surface area contributed by atoms with Crippen molar-refractivity contribution in [3.63, 3.8) is 0 Å². The topological polar surface area (TPSA) is 27.1 Å². The van der Waals surface area contributed by atoms with E-state index in [1.807, 2.05) is 18.3 Å². The normalized spacial score (nSPS) is 18.5. The van der Waals surface area contributed by atoms with Gasteiger partial charge in [0.15, 0.2) is 18.0 Å². The predicted molar refractivity (Wildman–Crippen MR) is 221 cm³/mol. The predicted octanol–water partition coefficient (Wildman–Crippen LogP) is 12.5. The van der Waals surface area contributed by atoms with Gasteiger partial charge in [0.05, 0.1) is 12.2 Å². The summed E-state index contributed by atoms with van der Waals surface area (Å²) in [5.41, 5.74) is 13.6. The van der Waals surface area contributed by atoms with Crippen molar-refractivity contribution in [2.75, 3.05) is 6.67 Å². The minimum Gasteiger partial charge on any atom is -0.509 e. The zero-order valence-electron chi connectivity index (χ0n) is 31.6. The quantitative estimate of drug-likeness (QED) is 0.123. The zero-order valence-corrected chi connectivity index (χ0v) is 33.8. The number of aromatic nitrogens is 2. The van der Waals surface area contributed by atoms with Gasteiger partial charge in [-0.15, -0.1) is 41.5 Å². The number of quaternary nitrogens is 2. The van der Waals surface area contributed by atoms with Gasteiger partial charge in [0.1, 0.15) is 11.3 Å². The van der Waals surface area contributed by atoms with Crippen LogP contribution in [-0.4, -0.2) is 16.2 Å². The van der Waals surface area contributed by atoms with Gasteiger partial charge < -0.3 is 13.8 Å². The summed E-state index contributed by atoms with van der Waals surface area (Å²) < 4.78 is 10.5. The Labute approximate surface area is 337 Å². The Hall–Kier alpha value is -5.32. The largest absolute Gasteiger partial charge is 0.509 e. The van der Waals surface area contributed by atoms with E-state index in [-0.39, 0.29) is 26.5 Å². The van der Waals surface area contributed by atoms with Crippen molar-refractivity contribution in [1.29, 1.82) is 0 Å². The molecule has 274 valence electrons. The Balaban J connectivity index is 0.00000397. The molecule has 11 rings (SSSR count). The van der Waals surface area contributed by atoms with Gasteiger partial charge in [0, 0.05) is 67.4 Å². The van der Waals surface area contributed by atoms with E-state index < -0.39 is 0 Å². The van der Waals surface area contributed by atoms with E-state index in [0.29, 0.717) is 20.5 Å². The first-order valence-corrected chi connectivity index (χ1v) is 18.7. The summed E-state index contributed by atoms with van der Waals surface area (Å²) in [6.45, 7) is 14.6.